The van der Waals surface area contributed by atoms with Crippen molar-refractivity contribution in [1.82, 2.24) is 0 Å². The van der Waals surface area contributed by atoms with Crippen molar-refractivity contribution in [2.45, 2.75) is 6.92 Å². The minimum atomic E-state index is -0.469. The van der Waals surface area contributed by atoms with Crippen LogP contribution in [0.3, 0.4) is 0 Å². The second-order valence-corrected chi connectivity index (χ2v) is 6.87. The van der Waals surface area contributed by atoms with Gasteiger partial charge < -0.3 is 9.47 Å². The van der Waals surface area contributed by atoms with Gasteiger partial charge in [0.25, 0.3) is 0 Å². The number of carbonyl (C=O) groups is 1. The van der Waals surface area contributed by atoms with Crippen LogP contribution in [0.1, 0.15) is 18.1 Å². The third-order valence-corrected chi connectivity index (χ3v) is 4.12. The van der Waals surface area contributed by atoms with Crippen LogP contribution in [0.4, 0.5) is 0 Å². The number of esters is 1. The summed E-state index contributed by atoms with van der Waals surface area (Å²) >= 11 is 2.22. The average Bonchev–Trinajstić information content (AvgIpc) is 2.95. The molecule has 0 aromatic heterocycles. The van der Waals surface area contributed by atoms with E-state index >= 15 is 0 Å². The Morgan fingerprint density at radius 3 is 2.68 bits per heavy atom. The maximum absolute atomic E-state index is 12.1. The lowest BCUT2D eigenvalue weighted by atomic mass is 10.1. The first-order chi connectivity index (χ1) is 12.0. The summed E-state index contributed by atoms with van der Waals surface area (Å²) in [6, 6.07) is 15.1. The van der Waals surface area contributed by atoms with E-state index in [2.05, 4.69) is 34.2 Å². The van der Waals surface area contributed by atoms with Crippen LogP contribution in [0, 0.1) is 3.57 Å². The van der Waals surface area contributed by atoms with Crippen LogP contribution in [0.25, 0.3) is 6.08 Å². The fraction of sp³-hybridized carbons (Fsp3) is 0.100. The molecule has 1 aliphatic heterocycles. The van der Waals surface area contributed by atoms with Gasteiger partial charge in [-0.1, -0.05) is 24.8 Å². The van der Waals surface area contributed by atoms with Crippen LogP contribution >= 0.6 is 22.6 Å². The van der Waals surface area contributed by atoms with E-state index < -0.39 is 5.97 Å². The zero-order valence-corrected chi connectivity index (χ0v) is 15.8. The highest BCUT2D eigenvalue weighted by molar-refractivity contribution is 14.1. The summed E-state index contributed by atoms with van der Waals surface area (Å²) in [5.41, 5.74) is 2.70. The fourth-order valence-electron chi connectivity index (χ4n) is 2.20. The molecular formula is C20H16INO3. The molecule has 0 radical (unpaired) electrons. The molecule has 3 rings (SSSR count). The van der Waals surface area contributed by atoms with Gasteiger partial charge in [0, 0.05) is 14.7 Å². The molecule has 0 N–H and O–H groups in total. The van der Waals surface area contributed by atoms with Crippen molar-refractivity contribution in [3.05, 3.63) is 81.1 Å². The number of hydrogen-bond donors (Lipinski definition) is 0. The van der Waals surface area contributed by atoms with Crippen LogP contribution in [0.5, 0.6) is 5.75 Å². The Morgan fingerprint density at radius 1 is 1.24 bits per heavy atom. The third-order valence-electron chi connectivity index (χ3n) is 3.40. The van der Waals surface area contributed by atoms with E-state index in [9.17, 15) is 4.79 Å². The molecule has 5 heteroatoms. The lowest BCUT2D eigenvalue weighted by molar-refractivity contribution is -0.129. The SMILES string of the molecule is C=C(C)COc1ccccc1/C=C1\N=C(c2ccc(I)cc2)OC1=O. The minimum Gasteiger partial charge on any atom is -0.489 e. The van der Waals surface area contributed by atoms with E-state index in [-0.39, 0.29) is 5.70 Å². The van der Waals surface area contributed by atoms with Gasteiger partial charge in [-0.05, 0) is 71.5 Å². The highest BCUT2D eigenvalue weighted by Crippen LogP contribution is 2.25. The van der Waals surface area contributed by atoms with Crippen molar-refractivity contribution in [1.29, 1.82) is 0 Å². The van der Waals surface area contributed by atoms with Crippen LogP contribution < -0.4 is 4.74 Å². The largest absolute Gasteiger partial charge is 0.489 e. The van der Waals surface area contributed by atoms with E-state index in [4.69, 9.17) is 9.47 Å². The molecule has 2 aromatic rings. The van der Waals surface area contributed by atoms with E-state index in [1.165, 1.54) is 0 Å². The predicted octanol–water partition coefficient (Wildman–Crippen LogP) is 4.59. The maximum Gasteiger partial charge on any atom is 0.363 e. The Kier molecular flexibility index (Phi) is 5.33. The Hall–Kier alpha value is -2.41. The summed E-state index contributed by atoms with van der Waals surface area (Å²) in [6.45, 7) is 6.14. The van der Waals surface area contributed by atoms with Crippen molar-refractivity contribution in [3.8, 4) is 5.75 Å². The molecule has 0 amide bonds. The Balaban J connectivity index is 1.89. The van der Waals surface area contributed by atoms with Gasteiger partial charge >= 0.3 is 5.97 Å². The third kappa shape index (κ3) is 4.36. The normalized spacial score (nSPS) is 15.0. The lowest BCUT2D eigenvalue weighted by Crippen LogP contribution is -2.05. The van der Waals surface area contributed by atoms with E-state index in [0.29, 0.717) is 18.3 Å². The number of ether oxygens (including phenoxy) is 2. The molecule has 126 valence electrons. The zero-order chi connectivity index (χ0) is 17.8. The van der Waals surface area contributed by atoms with Crippen molar-refractivity contribution in [2.24, 2.45) is 4.99 Å². The summed E-state index contributed by atoms with van der Waals surface area (Å²) < 4.78 is 12.1. The molecule has 0 unspecified atom stereocenters. The topological polar surface area (TPSA) is 47.9 Å². The minimum absolute atomic E-state index is 0.250. The summed E-state index contributed by atoms with van der Waals surface area (Å²) in [7, 11) is 0. The van der Waals surface area contributed by atoms with Gasteiger partial charge in [0.05, 0.1) is 0 Å². The first-order valence-corrected chi connectivity index (χ1v) is 8.75. The summed E-state index contributed by atoms with van der Waals surface area (Å²) in [4.78, 5) is 16.5. The van der Waals surface area contributed by atoms with Gasteiger partial charge in [-0.15, -0.1) is 0 Å². The van der Waals surface area contributed by atoms with Crippen molar-refractivity contribution in [2.75, 3.05) is 6.61 Å². The molecule has 1 aliphatic rings. The van der Waals surface area contributed by atoms with E-state index in [0.717, 1.165) is 20.3 Å². The van der Waals surface area contributed by atoms with Crippen LogP contribution in [-0.4, -0.2) is 18.5 Å². The summed E-state index contributed by atoms with van der Waals surface area (Å²) in [5.74, 6) is 0.514. The van der Waals surface area contributed by atoms with Gasteiger partial charge in [0.1, 0.15) is 12.4 Å². The molecule has 0 bridgehead atoms. The van der Waals surface area contributed by atoms with Gasteiger partial charge in [0.15, 0.2) is 5.70 Å². The standard InChI is InChI=1S/C20H16INO3/c1-13(2)12-24-18-6-4-3-5-15(18)11-17-20(23)25-19(22-17)14-7-9-16(21)10-8-14/h3-11H,1,12H2,2H3/b17-11-. The second-order valence-electron chi connectivity index (χ2n) is 5.63. The Bertz CT molecular complexity index is 882. The number of carbonyl (C=O) groups excluding carboxylic acids is 1. The first kappa shape index (κ1) is 17.4. The lowest BCUT2D eigenvalue weighted by Gasteiger charge is -2.08. The zero-order valence-electron chi connectivity index (χ0n) is 13.7. The smallest absolute Gasteiger partial charge is 0.363 e. The summed E-state index contributed by atoms with van der Waals surface area (Å²) in [5, 5.41) is 0. The molecule has 0 saturated heterocycles. The number of rotatable bonds is 5. The molecular weight excluding hydrogens is 429 g/mol. The molecule has 1 heterocycles. The first-order valence-electron chi connectivity index (χ1n) is 7.67. The van der Waals surface area contributed by atoms with Gasteiger partial charge in [-0.2, -0.15) is 0 Å². The van der Waals surface area contributed by atoms with E-state index in [1.807, 2.05) is 55.5 Å². The number of aliphatic imine (C=N–C) groups is 1. The number of cyclic esters (lactones) is 1. The van der Waals surface area contributed by atoms with Crippen LogP contribution in [0.15, 0.2) is 71.4 Å². The summed E-state index contributed by atoms with van der Waals surface area (Å²) in [6.07, 6.45) is 1.68. The molecule has 25 heavy (non-hydrogen) atoms. The number of halogens is 1. The number of hydrogen-bond acceptors (Lipinski definition) is 4. The monoisotopic (exact) mass is 445 g/mol. The maximum atomic E-state index is 12.1. The van der Waals surface area contributed by atoms with Crippen molar-refractivity contribution in [3.63, 3.8) is 0 Å². The van der Waals surface area contributed by atoms with Gasteiger partial charge in [-0.3, -0.25) is 0 Å². The number of benzene rings is 2. The van der Waals surface area contributed by atoms with Crippen LogP contribution in [-0.2, 0) is 9.53 Å². The molecule has 0 saturated carbocycles. The van der Waals surface area contributed by atoms with Crippen molar-refractivity contribution < 1.29 is 14.3 Å². The number of nitrogens with zero attached hydrogens (tertiary/aromatic N) is 1. The molecule has 0 fully saturated rings. The Labute approximate surface area is 160 Å². The second kappa shape index (κ2) is 7.65. The van der Waals surface area contributed by atoms with E-state index in [1.54, 1.807) is 6.08 Å². The number of para-hydroxylation sites is 1. The average molecular weight is 445 g/mol. The Morgan fingerprint density at radius 2 is 1.96 bits per heavy atom. The quantitative estimate of drug-likeness (QED) is 0.293. The molecule has 0 spiro atoms. The van der Waals surface area contributed by atoms with Gasteiger partial charge in [0.2, 0.25) is 5.90 Å². The fourth-order valence-corrected chi connectivity index (χ4v) is 2.56. The van der Waals surface area contributed by atoms with Gasteiger partial charge in [-0.25, -0.2) is 9.79 Å². The predicted molar refractivity (Wildman–Crippen MR) is 107 cm³/mol. The molecule has 0 atom stereocenters. The molecule has 0 aliphatic carbocycles. The highest BCUT2D eigenvalue weighted by atomic mass is 127. The highest BCUT2D eigenvalue weighted by Gasteiger charge is 2.24. The van der Waals surface area contributed by atoms with Crippen LogP contribution in [0.2, 0.25) is 0 Å². The molecule has 2 aromatic carbocycles. The van der Waals surface area contributed by atoms with Crippen molar-refractivity contribution >= 4 is 40.5 Å². The molecule has 4 nitrogen and oxygen atoms in total.